The monoisotopic (exact) mass is 265 g/mol. The van der Waals surface area contributed by atoms with Crippen molar-refractivity contribution < 1.29 is 4.52 Å². The molecule has 96 valence electrons. The molecule has 0 saturated heterocycles. The Bertz CT molecular complexity index is 509. The van der Waals surface area contributed by atoms with Crippen LogP contribution in [0.2, 0.25) is 5.02 Å². The van der Waals surface area contributed by atoms with Crippen LogP contribution >= 0.6 is 11.6 Å². The molecule has 2 aromatic rings. The van der Waals surface area contributed by atoms with Gasteiger partial charge in [0.2, 0.25) is 5.89 Å². The minimum absolute atomic E-state index is 0.0110. The normalized spacial score (nSPS) is 14.4. The zero-order chi connectivity index (χ0) is 13.1. The first kappa shape index (κ1) is 13.1. The molecule has 4 nitrogen and oxygen atoms in total. The number of benzene rings is 1. The van der Waals surface area contributed by atoms with Crippen molar-refractivity contribution in [3.8, 4) is 0 Å². The van der Waals surface area contributed by atoms with Crippen LogP contribution in [0.5, 0.6) is 0 Å². The van der Waals surface area contributed by atoms with Gasteiger partial charge in [-0.1, -0.05) is 28.9 Å². The van der Waals surface area contributed by atoms with Gasteiger partial charge in [-0.05, 0) is 38.5 Å². The van der Waals surface area contributed by atoms with E-state index < -0.39 is 0 Å². The van der Waals surface area contributed by atoms with Crippen molar-refractivity contribution in [1.82, 2.24) is 15.5 Å². The van der Waals surface area contributed by atoms with Crippen LogP contribution in [0.3, 0.4) is 0 Å². The molecule has 1 aromatic carbocycles. The lowest BCUT2D eigenvalue weighted by molar-refractivity contribution is 0.326. The van der Waals surface area contributed by atoms with Gasteiger partial charge in [-0.2, -0.15) is 4.98 Å². The Labute approximate surface area is 111 Å². The molecule has 0 unspecified atom stereocenters. The van der Waals surface area contributed by atoms with Crippen LogP contribution in [-0.4, -0.2) is 10.1 Å². The third-order valence-electron chi connectivity index (χ3n) is 2.78. The van der Waals surface area contributed by atoms with Gasteiger partial charge in [0.25, 0.3) is 0 Å². The summed E-state index contributed by atoms with van der Waals surface area (Å²) in [5.41, 5.74) is 1.17. The van der Waals surface area contributed by atoms with Gasteiger partial charge in [-0.25, -0.2) is 0 Å². The summed E-state index contributed by atoms with van der Waals surface area (Å²) in [4.78, 5) is 4.21. The van der Waals surface area contributed by atoms with Crippen molar-refractivity contribution >= 4 is 11.6 Å². The smallest absolute Gasteiger partial charge is 0.243 e. The van der Waals surface area contributed by atoms with E-state index in [4.69, 9.17) is 16.1 Å². The number of nitrogens with one attached hydrogen (secondary N) is 1. The Morgan fingerprint density at radius 3 is 2.39 bits per heavy atom. The molecular formula is C13H16ClN3O. The highest BCUT2D eigenvalue weighted by atomic mass is 35.5. The summed E-state index contributed by atoms with van der Waals surface area (Å²) in [7, 11) is 0. The van der Waals surface area contributed by atoms with Crippen LogP contribution in [0.25, 0.3) is 0 Å². The molecule has 2 atom stereocenters. The van der Waals surface area contributed by atoms with Gasteiger partial charge in [-0.15, -0.1) is 0 Å². The number of aryl methyl sites for hydroxylation is 1. The van der Waals surface area contributed by atoms with Crippen LogP contribution < -0.4 is 5.32 Å². The Morgan fingerprint density at radius 1 is 1.17 bits per heavy atom. The van der Waals surface area contributed by atoms with Crippen molar-refractivity contribution in [1.29, 1.82) is 0 Å². The third-order valence-corrected chi connectivity index (χ3v) is 3.04. The van der Waals surface area contributed by atoms with Gasteiger partial charge >= 0.3 is 0 Å². The quantitative estimate of drug-likeness (QED) is 0.920. The summed E-state index contributed by atoms with van der Waals surface area (Å²) in [6.45, 7) is 5.89. The molecule has 1 aromatic heterocycles. The molecule has 0 aliphatic carbocycles. The maximum atomic E-state index is 5.87. The van der Waals surface area contributed by atoms with E-state index in [2.05, 4.69) is 22.4 Å². The van der Waals surface area contributed by atoms with Crippen LogP contribution in [0.15, 0.2) is 28.8 Å². The Kier molecular flexibility index (Phi) is 3.99. The molecule has 0 radical (unpaired) electrons. The molecule has 0 bridgehead atoms. The van der Waals surface area contributed by atoms with Crippen LogP contribution in [0.4, 0.5) is 0 Å². The topological polar surface area (TPSA) is 51.0 Å². The second-order valence-corrected chi connectivity index (χ2v) is 4.78. The van der Waals surface area contributed by atoms with Gasteiger partial charge in [-0.3, -0.25) is 5.32 Å². The zero-order valence-electron chi connectivity index (χ0n) is 10.6. The summed E-state index contributed by atoms with van der Waals surface area (Å²) >= 11 is 5.87. The van der Waals surface area contributed by atoms with Gasteiger partial charge in [0, 0.05) is 11.1 Å². The lowest BCUT2D eigenvalue weighted by Gasteiger charge is -2.17. The maximum absolute atomic E-state index is 5.87. The molecule has 0 aliphatic heterocycles. The van der Waals surface area contributed by atoms with E-state index in [0.717, 1.165) is 5.02 Å². The molecular weight excluding hydrogens is 250 g/mol. The molecule has 5 heteroatoms. The molecule has 1 N–H and O–H groups in total. The van der Waals surface area contributed by atoms with E-state index in [9.17, 15) is 0 Å². The summed E-state index contributed by atoms with van der Waals surface area (Å²) in [6, 6.07) is 7.98. The first-order chi connectivity index (χ1) is 8.56. The van der Waals surface area contributed by atoms with Gasteiger partial charge in [0.1, 0.15) is 0 Å². The molecule has 1 heterocycles. The average molecular weight is 266 g/mol. The molecule has 0 fully saturated rings. The number of hydrogen-bond donors (Lipinski definition) is 1. The SMILES string of the molecule is Cc1noc([C@H](C)N[C@H](C)c2ccc(Cl)cc2)n1. The predicted octanol–water partition coefficient (Wildman–Crippen LogP) is 3.44. The van der Waals surface area contributed by atoms with E-state index in [1.54, 1.807) is 0 Å². The van der Waals surface area contributed by atoms with Gasteiger partial charge in [0.15, 0.2) is 5.82 Å². The van der Waals surface area contributed by atoms with Gasteiger partial charge in [0.05, 0.1) is 6.04 Å². The fourth-order valence-corrected chi connectivity index (χ4v) is 1.91. The van der Waals surface area contributed by atoms with Crippen molar-refractivity contribution in [2.75, 3.05) is 0 Å². The standard InChI is InChI=1S/C13H16ClN3O/c1-8(11-4-6-12(14)7-5-11)15-9(2)13-16-10(3)17-18-13/h4-9,15H,1-3H3/t8-,9+/m1/s1. The van der Waals surface area contributed by atoms with Crippen LogP contribution in [0, 0.1) is 6.92 Å². The Morgan fingerprint density at radius 2 is 1.83 bits per heavy atom. The maximum Gasteiger partial charge on any atom is 0.243 e. The highest BCUT2D eigenvalue weighted by molar-refractivity contribution is 6.30. The fourth-order valence-electron chi connectivity index (χ4n) is 1.78. The molecule has 0 spiro atoms. The third kappa shape index (κ3) is 3.09. The number of hydrogen-bond acceptors (Lipinski definition) is 4. The summed E-state index contributed by atoms with van der Waals surface area (Å²) in [6.07, 6.45) is 0. The van der Waals surface area contributed by atoms with Crippen molar-refractivity contribution in [3.05, 3.63) is 46.6 Å². The van der Waals surface area contributed by atoms with Crippen LogP contribution in [-0.2, 0) is 0 Å². The molecule has 2 rings (SSSR count). The highest BCUT2D eigenvalue weighted by Gasteiger charge is 2.16. The van der Waals surface area contributed by atoms with Crippen molar-refractivity contribution in [2.45, 2.75) is 32.9 Å². The molecule has 0 saturated carbocycles. The summed E-state index contributed by atoms with van der Waals surface area (Å²) in [5, 5.41) is 7.93. The lowest BCUT2D eigenvalue weighted by Crippen LogP contribution is -2.22. The average Bonchev–Trinajstić information content (AvgIpc) is 2.76. The van der Waals surface area contributed by atoms with E-state index in [-0.39, 0.29) is 12.1 Å². The molecule has 0 amide bonds. The number of aromatic nitrogens is 2. The second-order valence-electron chi connectivity index (χ2n) is 4.34. The second kappa shape index (κ2) is 5.50. The predicted molar refractivity (Wildman–Crippen MR) is 70.5 cm³/mol. The molecule has 0 aliphatic rings. The summed E-state index contributed by atoms with van der Waals surface area (Å²) in [5.74, 6) is 1.26. The number of halogens is 1. The highest BCUT2D eigenvalue weighted by Crippen LogP contribution is 2.20. The van der Waals surface area contributed by atoms with Crippen molar-refractivity contribution in [2.24, 2.45) is 0 Å². The number of rotatable bonds is 4. The Balaban J connectivity index is 2.02. The van der Waals surface area contributed by atoms with E-state index in [0.29, 0.717) is 11.7 Å². The largest absolute Gasteiger partial charge is 0.338 e. The van der Waals surface area contributed by atoms with E-state index in [1.165, 1.54) is 5.56 Å². The minimum atomic E-state index is 0.0110. The number of nitrogens with zero attached hydrogens (tertiary/aromatic N) is 2. The first-order valence-corrected chi connectivity index (χ1v) is 6.26. The first-order valence-electron chi connectivity index (χ1n) is 5.88. The Hall–Kier alpha value is -1.39. The molecule has 18 heavy (non-hydrogen) atoms. The summed E-state index contributed by atoms with van der Waals surface area (Å²) < 4.78 is 5.14. The van der Waals surface area contributed by atoms with Crippen LogP contribution in [0.1, 0.15) is 43.2 Å². The van der Waals surface area contributed by atoms with Gasteiger partial charge < -0.3 is 4.52 Å². The van der Waals surface area contributed by atoms with E-state index in [1.807, 2.05) is 38.1 Å². The minimum Gasteiger partial charge on any atom is -0.338 e. The van der Waals surface area contributed by atoms with Crippen molar-refractivity contribution in [3.63, 3.8) is 0 Å². The lowest BCUT2D eigenvalue weighted by atomic mass is 10.1. The fraction of sp³-hybridized carbons (Fsp3) is 0.385. The zero-order valence-corrected chi connectivity index (χ0v) is 11.4. The van der Waals surface area contributed by atoms with E-state index >= 15 is 0 Å².